The van der Waals surface area contributed by atoms with E-state index in [-0.39, 0.29) is 0 Å². The van der Waals surface area contributed by atoms with Gasteiger partial charge in [-0.15, -0.1) is 0 Å². The first-order chi connectivity index (χ1) is 35.8. The third-order valence-electron chi connectivity index (χ3n) is 29.6. The molecule has 19 unspecified atom stereocenters. The molecule has 0 nitrogen and oxygen atoms in total. The zero-order chi connectivity index (χ0) is 47.5. The van der Waals surface area contributed by atoms with Crippen LogP contribution in [0.5, 0.6) is 0 Å². The van der Waals surface area contributed by atoms with Gasteiger partial charge in [0.25, 0.3) is 0 Å². The average molecular weight is 984 g/mol. The minimum absolute atomic E-state index is 1.09. The van der Waals surface area contributed by atoms with Crippen molar-refractivity contribution >= 4 is 0 Å². The molecular weight excluding hydrogens is 865 g/mol. The van der Waals surface area contributed by atoms with Gasteiger partial charge in [0.2, 0.25) is 0 Å². The van der Waals surface area contributed by atoms with Crippen LogP contribution in [0.3, 0.4) is 0 Å². The summed E-state index contributed by atoms with van der Waals surface area (Å²) >= 11 is 0. The fraction of sp³-hybridized carbons (Fsp3) is 1.00. The summed E-state index contributed by atoms with van der Waals surface area (Å²) in [5.41, 5.74) is 0. The van der Waals surface area contributed by atoms with Crippen molar-refractivity contribution in [2.24, 2.45) is 154 Å². The van der Waals surface area contributed by atoms with Crippen molar-refractivity contribution in [1.29, 1.82) is 0 Å². The molecule has 14 rings (SSSR count). The molecule has 0 heteroatoms. The first-order valence-electron chi connectivity index (χ1n) is 35.8. The third-order valence-corrected chi connectivity index (χ3v) is 29.6. The Balaban J connectivity index is 0.936. The lowest BCUT2D eigenvalue weighted by atomic mass is 9.35. The van der Waals surface area contributed by atoms with Crippen LogP contribution in [0.15, 0.2) is 0 Å². The molecule has 0 aromatic rings. The van der Waals surface area contributed by atoms with Gasteiger partial charge in [0.1, 0.15) is 0 Å². The maximum atomic E-state index is 1.79. The molecule has 0 aliphatic heterocycles. The Morgan fingerprint density at radius 3 is 0.625 bits per heavy atom. The van der Waals surface area contributed by atoms with Gasteiger partial charge in [0, 0.05) is 0 Å². The predicted molar refractivity (Wildman–Crippen MR) is 303 cm³/mol. The van der Waals surface area contributed by atoms with E-state index in [2.05, 4.69) is 0 Å². The van der Waals surface area contributed by atoms with Gasteiger partial charge in [-0.1, -0.05) is 244 Å². The van der Waals surface area contributed by atoms with E-state index in [4.69, 9.17) is 0 Å². The smallest absolute Gasteiger partial charge is 0.0315 e. The standard InChI is InChI=1S/C72H118/c1-8-23-47(24-9-1)65-59-45-61-62(46-60(59)66(48-25-10-2-11-26-48)70(52-33-18-6-19-34-52)69(65)51-31-16-5-17-32-51)68(50-29-14-4-15-30-50)72(71(53-35-20-7-21-36-53)67(61)49-27-12-3-13-28-49)58-44-42-56-40-39-54-37-22-38-55-41-43-57(58)64(56)63(54)55/h47-72H,1-46H2. The Bertz CT molecular complexity index is 1680. The van der Waals surface area contributed by atoms with Crippen LogP contribution in [0.1, 0.15) is 295 Å². The molecule has 19 atom stereocenters. The molecule has 0 radical (unpaired) electrons. The molecule has 72 heavy (non-hydrogen) atoms. The van der Waals surface area contributed by atoms with Crippen LogP contribution in [0.2, 0.25) is 0 Å². The Kier molecular flexibility index (Phi) is 15.8. The lowest BCUT2D eigenvalue weighted by Gasteiger charge is -2.69. The summed E-state index contributed by atoms with van der Waals surface area (Å²) in [5.74, 6) is 28.8. The highest BCUT2D eigenvalue weighted by molar-refractivity contribution is 5.15. The van der Waals surface area contributed by atoms with Crippen LogP contribution < -0.4 is 0 Å². The second kappa shape index (κ2) is 22.6. The average Bonchev–Trinajstić information content (AvgIpc) is 3.46. The lowest BCUT2D eigenvalue weighted by molar-refractivity contribution is -0.213. The van der Waals surface area contributed by atoms with E-state index in [0.29, 0.717) is 0 Å². The molecule has 14 saturated carbocycles. The molecule has 0 heterocycles. The quantitative estimate of drug-likeness (QED) is 0.227. The van der Waals surface area contributed by atoms with E-state index in [0.717, 1.165) is 154 Å². The topological polar surface area (TPSA) is 0 Å². The van der Waals surface area contributed by atoms with Gasteiger partial charge in [-0.25, -0.2) is 0 Å². The normalized spacial score (nSPS) is 49.1. The maximum Gasteiger partial charge on any atom is -0.0315 e. The summed E-state index contributed by atoms with van der Waals surface area (Å²) < 4.78 is 0. The molecule has 0 bridgehead atoms. The number of hydrogen-bond donors (Lipinski definition) is 0. The monoisotopic (exact) mass is 983 g/mol. The Hall–Kier alpha value is 0. The van der Waals surface area contributed by atoms with Gasteiger partial charge in [-0.05, 0) is 205 Å². The second-order valence-corrected chi connectivity index (χ2v) is 32.0. The number of fused-ring (bicyclic) bond motifs is 2. The van der Waals surface area contributed by atoms with Gasteiger partial charge in [-0.2, -0.15) is 0 Å². The van der Waals surface area contributed by atoms with Crippen LogP contribution in [0.4, 0.5) is 0 Å². The van der Waals surface area contributed by atoms with Gasteiger partial charge >= 0.3 is 0 Å². The summed E-state index contributed by atoms with van der Waals surface area (Å²) in [6.07, 6.45) is 74.8. The second-order valence-electron chi connectivity index (χ2n) is 32.0. The maximum absolute atomic E-state index is 1.79. The van der Waals surface area contributed by atoms with Crippen molar-refractivity contribution in [3.63, 3.8) is 0 Å². The molecule has 14 fully saturated rings. The zero-order valence-corrected chi connectivity index (χ0v) is 47.5. The van der Waals surface area contributed by atoms with Crippen molar-refractivity contribution in [2.45, 2.75) is 295 Å². The van der Waals surface area contributed by atoms with Gasteiger partial charge in [-0.3, -0.25) is 0 Å². The first kappa shape index (κ1) is 50.2. The molecule has 14 aliphatic rings. The van der Waals surface area contributed by atoms with Crippen LogP contribution >= 0.6 is 0 Å². The molecule has 0 aromatic heterocycles. The highest BCUT2D eigenvalue weighted by atomic mass is 14.7. The van der Waals surface area contributed by atoms with Crippen molar-refractivity contribution in [3.8, 4) is 0 Å². The summed E-state index contributed by atoms with van der Waals surface area (Å²) in [7, 11) is 0. The SMILES string of the molecule is C1CCC(C2C3CC4C(CC3C(C3CCCCC3)C(C3CCCCC3)C2C2CCCCC2)C(C2CCCCC2)C(C2CCC3CCC5CCCC6CCC2C3C56)C(C2CCCCC2)C4C2CCCCC2)CC1. The highest BCUT2D eigenvalue weighted by Crippen LogP contribution is 2.73. The van der Waals surface area contributed by atoms with Crippen molar-refractivity contribution in [3.05, 3.63) is 0 Å². The number of rotatable bonds is 8. The Morgan fingerprint density at radius 2 is 0.306 bits per heavy atom. The van der Waals surface area contributed by atoms with Crippen LogP contribution in [-0.2, 0) is 0 Å². The molecule has 0 amide bonds. The van der Waals surface area contributed by atoms with Gasteiger partial charge < -0.3 is 0 Å². The van der Waals surface area contributed by atoms with E-state index in [9.17, 15) is 0 Å². The fourth-order valence-corrected chi connectivity index (χ4v) is 27.8. The molecule has 0 N–H and O–H groups in total. The van der Waals surface area contributed by atoms with Crippen LogP contribution in [-0.4, -0.2) is 0 Å². The molecule has 0 aromatic carbocycles. The molecule has 0 spiro atoms. The summed E-state index contributed by atoms with van der Waals surface area (Å²) in [6.45, 7) is 0. The van der Waals surface area contributed by atoms with E-state index < -0.39 is 0 Å². The molecule has 406 valence electrons. The molecular formula is C72H118. The Labute approximate surface area is 447 Å². The summed E-state index contributed by atoms with van der Waals surface area (Å²) in [4.78, 5) is 0. The predicted octanol–water partition coefficient (Wildman–Crippen LogP) is 21.1. The van der Waals surface area contributed by atoms with E-state index in [1.54, 1.807) is 295 Å². The minimum atomic E-state index is 1.09. The third kappa shape index (κ3) is 9.33. The van der Waals surface area contributed by atoms with E-state index in [1.807, 2.05) is 0 Å². The fourth-order valence-electron chi connectivity index (χ4n) is 27.8. The van der Waals surface area contributed by atoms with Gasteiger partial charge in [0.15, 0.2) is 0 Å². The number of hydrogen-bond acceptors (Lipinski definition) is 0. The largest absolute Gasteiger partial charge is 0.0533 e. The minimum Gasteiger partial charge on any atom is -0.0533 e. The highest BCUT2D eigenvalue weighted by Gasteiger charge is 2.66. The molecule has 14 aliphatic carbocycles. The lowest BCUT2D eigenvalue weighted by Crippen LogP contribution is -2.63. The molecule has 0 saturated heterocycles. The van der Waals surface area contributed by atoms with Crippen molar-refractivity contribution in [2.75, 3.05) is 0 Å². The van der Waals surface area contributed by atoms with Crippen LogP contribution in [0.25, 0.3) is 0 Å². The Morgan fingerprint density at radius 1 is 0.111 bits per heavy atom. The summed E-state index contributed by atoms with van der Waals surface area (Å²) in [5, 5.41) is 0. The summed E-state index contributed by atoms with van der Waals surface area (Å²) in [6, 6.07) is 0. The van der Waals surface area contributed by atoms with E-state index >= 15 is 0 Å². The van der Waals surface area contributed by atoms with Crippen molar-refractivity contribution in [1.82, 2.24) is 0 Å². The zero-order valence-electron chi connectivity index (χ0n) is 47.5. The van der Waals surface area contributed by atoms with E-state index in [1.165, 1.54) is 0 Å². The van der Waals surface area contributed by atoms with Gasteiger partial charge in [0.05, 0.1) is 0 Å². The first-order valence-corrected chi connectivity index (χ1v) is 35.8. The van der Waals surface area contributed by atoms with Crippen LogP contribution in [0, 0.1) is 154 Å². The van der Waals surface area contributed by atoms with Crippen molar-refractivity contribution < 1.29 is 0 Å².